The van der Waals surface area contributed by atoms with E-state index >= 15 is 0 Å². The normalized spacial score (nSPS) is 16.1. The number of unbranched alkanes of at least 4 members (excludes halogenated alkanes) is 5. The van der Waals surface area contributed by atoms with Crippen LogP contribution in [0.25, 0.3) is 33.2 Å². The zero-order chi connectivity index (χ0) is 35.4. The van der Waals surface area contributed by atoms with E-state index in [4.69, 9.17) is 14.7 Å². The zero-order valence-electron chi connectivity index (χ0n) is 30.2. The highest BCUT2D eigenvalue weighted by Crippen LogP contribution is 2.43. The van der Waals surface area contributed by atoms with Crippen LogP contribution >= 0.6 is 0 Å². The fourth-order valence-corrected chi connectivity index (χ4v) is 7.44. The number of carboxylic acids is 2. The number of ether oxygens (including phenoxy) is 1. The summed E-state index contributed by atoms with van der Waals surface area (Å²) in [5.41, 5.74) is 12.1. The molecule has 4 N–H and O–H groups in total. The van der Waals surface area contributed by atoms with Crippen molar-refractivity contribution >= 4 is 45.2 Å². The number of carbonyl (C=O) groups is 2. The van der Waals surface area contributed by atoms with Crippen LogP contribution in [0.1, 0.15) is 141 Å². The third-order valence-electron chi connectivity index (χ3n) is 10.5. The lowest BCUT2D eigenvalue weighted by Gasteiger charge is -2.16. The Morgan fingerprint density at radius 3 is 2.14 bits per heavy atom. The van der Waals surface area contributed by atoms with Crippen LogP contribution in [-0.2, 0) is 27.4 Å². The summed E-state index contributed by atoms with van der Waals surface area (Å²) in [7, 11) is 0. The predicted molar refractivity (Wildman–Crippen MR) is 196 cm³/mol. The van der Waals surface area contributed by atoms with E-state index in [1.54, 1.807) is 6.92 Å². The summed E-state index contributed by atoms with van der Waals surface area (Å²) in [5, 5.41) is 20.0. The van der Waals surface area contributed by atoms with Gasteiger partial charge in [0.15, 0.2) is 0 Å². The Hall–Kier alpha value is -4.24. The average molecular weight is 669 g/mol. The Balaban J connectivity index is 1.75. The summed E-state index contributed by atoms with van der Waals surface area (Å²) in [6.07, 6.45) is 8.43. The first-order valence-electron chi connectivity index (χ1n) is 17.9. The first kappa shape index (κ1) is 36.1. The fraction of sp³-hybridized carbons (Fsp3) is 0.500. The molecular weight excluding hydrogens is 616 g/mol. The molecule has 2 aliphatic rings. The van der Waals surface area contributed by atoms with Gasteiger partial charge in [-0.25, -0.2) is 9.78 Å². The number of carboxylic acid groups (broad SMARTS) is 2. The Morgan fingerprint density at radius 1 is 0.816 bits per heavy atom. The van der Waals surface area contributed by atoms with E-state index < -0.39 is 11.9 Å². The fourth-order valence-electron chi connectivity index (χ4n) is 7.44. The molecule has 0 unspecified atom stereocenters. The molecule has 0 saturated heterocycles. The highest BCUT2D eigenvalue weighted by molar-refractivity contribution is 6.24. The molecule has 0 saturated carbocycles. The number of hydrogen-bond donors (Lipinski definition) is 4. The minimum atomic E-state index is -1.05. The number of rotatable bonds is 14. The summed E-state index contributed by atoms with van der Waals surface area (Å²) in [6, 6.07) is 6.17. The van der Waals surface area contributed by atoms with Crippen LogP contribution in [0.4, 0.5) is 0 Å². The van der Waals surface area contributed by atoms with Crippen molar-refractivity contribution < 1.29 is 24.5 Å². The molecule has 2 aliphatic heterocycles. The Labute approximate surface area is 289 Å². The third kappa shape index (κ3) is 7.52. The number of aryl methyl sites for hydroxylation is 3. The van der Waals surface area contributed by atoms with Crippen molar-refractivity contribution in [2.45, 2.75) is 125 Å². The zero-order valence-corrected chi connectivity index (χ0v) is 30.2. The van der Waals surface area contributed by atoms with Gasteiger partial charge in [0.05, 0.1) is 23.6 Å². The van der Waals surface area contributed by atoms with Crippen LogP contribution in [0.3, 0.4) is 0 Å². The molecule has 9 nitrogen and oxygen atoms in total. The van der Waals surface area contributed by atoms with E-state index in [9.17, 15) is 19.8 Å². The number of aliphatic carboxylic acids is 2. The van der Waals surface area contributed by atoms with Crippen LogP contribution in [0.5, 0.6) is 0 Å². The summed E-state index contributed by atoms with van der Waals surface area (Å²) in [6.45, 7) is 15.5. The molecule has 5 rings (SSSR count). The van der Waals surface area contributed by atoms with Gasteiger partial charge in [0.1, 0.15) is 0 Å². The summed E-state index contributed by atoms with van der Waals surface area (Å²) >= 11 is 0. The Bertz CT molecular complexity index is 1930. The SMILES string of the molecule is CCCCCCCCOCc1c(C)c2cc3nc(c(C)c4nc(cc5[nH]c(cc1[nH]2)c(C)c5CC)C(C)=C4C(=O)O)[C@@H](CCC(=O)O)[C@@H]3C. The maximum Gasteiger partial charge on any atom is 0.338 e. The molecule has 262 valence electrons. The summed E-state index contributed by atoms with van der Waals surface area (Å²) < 4.78 is 6.28. The Kier molecular flexibility index (Phi) is 11.4. The minimum absolute atomic E-state index is 0.0122. The van der Waals surface area contributed by atoms with Gasteiger partial charge in [0.25, 0.3) is 0 Å². The number of nitrogens with one attached hydrogen (secondary N) is 2. The van der Waals surface area contributed by atoms with Crippen LogP contribution in [0.2, 0.25) is 0 Å². The molecular formula is C40H52N4O5. The number of H-pyrrole nitrogens is 2. The molecule has 9 heteroatoms. The van der Waals surface area contributed by atoms with Gasteiger partial charge in [-0.1, -0.05) is 52.9 Å². The summed E-state index contributed by atoms with van der Waals surface area (Å²) in [4.78, 5) is 41.7. The van der Waals surface area contributed by atoms with Crippen molar-refractivity contribution in [3.63, 3.8) is 0 Å². The standard InChI is InChI=1S/C40H52N4O5/c1-8-10-11-12-13-14-17-49-21-29-24(5)30-18-32-23(4)28(15-16-36(45)46)38(43-32)26(7)39-37(40(47)48)25(6)33(44-39)20-34-27(9-2)22(3)31(41-34)19-35(29)42-30/h18-20,23,28,41-42H,8-17,21H2,1-7H3,(H,45,46)(H,47,48)/t23-,28-/m0/s1. The van der Waals surface area contributed by atoms with E-state index in [0.29, 0.717) is 47.9 Å². The molecule has 3 aromatic heterocycles. The molecule has 0 aromatic carbocycles. The number of aromatic nitrogens is 4. The number of allylic oxidation sites excluding steroid dienone is 1. The van der Waals surface area contributed by atoms with Gasteiger partial charge in [-0.2, -0.15) is 0 Å². The van der Waals surface area contributed by atoms with Crippen molar-refractivity contribution in [2.75, 3.05) is 6.61 Å². The van der Waals surface area contributed by atoms with Crippen molar-refractivity contribution in [3.8, 4) is 0 Å². The van der Waals surface area contributed by atoms with Crippen LogP contribution in [0.15, 0.2) is 18.2 Å². The van der Waals surface area contributed by atoms with E-state index in [-0.39, 0.29) is 23.8 Å². The lowest BCUT2D eigenvalue weighted by atomic mass is 9.85. The molecule has 3 aromatic rings. The average Bonchev–Trinajstić information content (AvgIpc) is 3.74. The minimum Gasteiger partial charge on any atom is -0.481 e. The monoisotopic (exact) mass is 668 g/mol. The molecule has 0 fully saturated rings. The third-order valence-corrected chi connectivity index (χ3v) is 10.5. The largest absolute Gasteiger partial charge is 0.481 e. The van der Waals surface area contributed by atoms with Gasteiger partial charge >= 0.3 is 11.9 Å². The molecule has 8 bridgehead atoms. The first-order valence-corrected chi connectivity index (χ1v) is 17.9. The molecule has 0 aliphatic carbocycles. The van der Waals surface area contributed by atoms with Gasteiger partial charge in [-0.05, 0) is 93.0 Å². The highest BCUT2D eigenvalue weighted by atomic mass is 16.5. The number of fused-ring (bicyclic) bond motifs is 8. The van der Waals surface area contributed by atoms with Crippen LogP contribution < -0.4 is 0 Å². The maximum absolute atomic E-state index is 12.7. The predicted octanol–water partition coefficient (Wildman–Crippen LogP) is 9.45. The quantitative estimate of drug-likeness (QED) is 0.125. The molecule has 49 heavy (non-hydrogen) atoms. The van der Waals surface area contributed by atoms with Crippen LogP contribution in [-0.4, -0.2) is 48.7 Å². The van der Waals surface area contributed by atoms with Gasteiger partial charge < -0.3 is 24.9 Å². The molecule has 2 atom stereocenters. The van der Waals surface area contributed by atoms with Crippen molar-refractivity contribution in [3.05, 3.63) is 68.8 Å². The van der Waals surface area contributed by atoms with Crippen molar-refractivity contribution in [1.29, 1.82) is 0 Å². The molecule has 0 radical (unpaired) electrons. The van der Waals surface area contributed by atoms with E-state index in [1.807, 2.05) is 13.0 Å². The van der Waals surface area contributed by atoms with E-state index in [0.717, 1.165) is 62.9 Å². The molecule has 5 heterocycles. The smallest absolute Gasteiger partial charge is 0.338 e. The van der Waals surface area contributed by atoms with E-state index in [2.05, 4.69) is 56.7 Å². The molecule has 0 spiro atoms. The van der Waals surface area contributed by atoms with Crippen molar-refractivity contribution in [2.24, 2.45) is 0 Å². The Morgan fingerprint density at radius 2 is 1.47 bits per heavy atom. The number of aromatic amines is 2. The summed E-state index contributed by atoms with van der Waals surface area (Å²) in [5.74, 6) is -2.21. The first-order chi connectivity index (χ1) is 23.5. The lowest BCUT2D eigenvalue weighted by Crippen LogP contribution is -2.08. The van der Waals surface area contributed by atoms with Gasteiger partial charge in [-0.3, -0.25) is 9.78 Å². The van der Waals surface area contributed by atoms with Gasteiger partial charge in [-0.15, -0.1) is 0 Å². The molecule has 0 amide bonds. The number of nitrogens with zero attached hydrogens (tertiary/aromatic N) is 2. The van der Waals surface area contributed by atoms with Gasteiger partial charge in [0.2, 0.25) is 0 Å². The second kappa shape index (κ2) is 15.5. The van der Waals surface area contributed by atoms with E-state index in [1.165, 1.54) is 32.1 Å². The van der Waals surface area contributed by atoms with Crippen molar-refractivity contribution in [1.82, 2.24) is 19.9 Å². The van der Waals surface area contributed by atoms with Gasteiger partial charge in [0, 0.05) is 63.9 Å². The maximum atomic E-state index is 12.7. The van der Waals surface area contributed by atoms with Crippen LogP contribution in [0, 0.1) is 20.8 Å². The topological polar surface area (TPSA) is 141 Å². The second-order valence-electron chi connectivity index (χ2n) is 13.7. The highest BCUT2D eigenvalue weighted by Gasteiger charge is 2.33. The number of hydrogen-bond acceptors (Lipinski definition) is 5. The second-order valence-corrected chi connectivity index (χ2v) is 13.7. The lowest BCUT2D eigenvalue weighted by molar-refractivity contribution is -0.137.